The van der Waals surface area contributed by atoms with E-state index in [0.717, 1.165) is 30.5 Å². The minimum absolute atomic E-state index is 0.186. The number of sulfonamides is 1. The zero-order valence-corrected chi connectivity index (χ0v) is 21.3. The van der Waals surface area contributed by atoms with Crippen molar-refractivity contribution in [2.75, 3.05) is 15.9 Å². The predicted octanol–water partition coefficient (Wildman–Crippen LogP) is 6.03. The number of amides is 1. The van der Waals surface area contributed by atoms with E-state index in [1.807, 2.05) is 67.6 Å². The Kier molecular flexibility index (Phi) is 6.55. The lowest BCUT2D eigenvalue weighted by molar-refractivity contribution is 0.103. The van der Waals surface area contributed by atoms with Crippen molar-refractivity contribution in [3.63, 3.8) is 0 Å². The summed E-state index contributed by atoms with van der Waals surface area (Å²) in [5, 5.41) is 3.74. The molecule has 3 aromatic carbocycles. The number of nitrogens with zero attached hydrogens (tertiary/aromatic N) is 1. The quantitative estimate of drug-likeness (QED) is 0.285. The summed E-state index contributed by atoms with van der Waals surface area (Å²) < 4.78 is 28.5. The Bertz CT molecular complexity index is 1380. The third-order valence-corrected chi connectivity index (χ3v) is 7.94. The number of hydrogen-bond donors (Lipinski definition) is 1. The molecule has 1 N–H and O–H groups in total. The van der Waals surface area contributed by atoms with E-state index in [1.54, 1.807) is 12.1 Å². The van der Waals surface area contributed by atoms with Gasteiger partial charge in [0, 0.05) is 14.0 Å². The first kappa shape index (κ1) is 22.8. The highest BCUT2D eigenvalue weighted by atomic mass is 127. The summed E-state index contributed by atoms with van der Waals surface area (Å²) in [5.74, 6) is -0.186. The fraction of sp³-hybridized carbons (Fsp3) is 0.125. The summed E-state index contributed by atoms with van der Waals surface area (Å²) in [6.45, 7) is 2.24. The van der Waals surface area contributed by atoms with E-state index in [-0.39, 0.29) is 12.5 Å². The third kappa shape index (κ3) is 5.31. The number of rotatable bonds is 6. The van der Waals surface area contributed by atoms with Gasteiger partial charge in [-0.05, 0) is 89.0 Å². The average Bonchev–Trinajstić information content (AvgIpc) is 3.17. The second kappa shape index (κ2) is 9.21. The largest absolute Gasteiger partial charge is 0.321 e. The van der Waals surface area contributed by atoms with E-state index in [2.05, 4.69) is 27.9 Å². The Balaban J connectivity index is 1.62. The Morgan fingerprint density at radius 3 is 2.34 bits per heavy atom. The molecule has 0 spiro atoms. The smallest absolute Gasteiger partial charge is 0.265 e. The molecule has 1 heterocycles. The number of carbonyl (C=O) groups is 1. The lowest BCUT2D eigenvalue weighted by Crippen LogP contribution is -2.29. The Morgan fingerprint density at radius 2 is 1.69 bits per heavy atom. The maximum absolute atomic E-state index is 12.7. The second-order valence-corrected chi connectivity index (χ2v) is 11.8. The van der Waals surface area contributed by atoms with Gasteiger partial charge >= 0.3 is 0 Å². The van der Waals surface area contributed by atoms with Crippen molar-refractivity contribution in [1.29, 1.82) is 0 Å². The number of benzene rings is 3. The molecule has 0 saturated carbocycles. The van der Waals surface area contributed by atoms with Crippen LogP contribution in [-0.2, 0) is 16.6 Å². The highest BCUT2D eigenvalue weighted by Crippen LogP contribution is 2.31. The molecule has 0 aliphatic heterocycles. The fourth-order valence-electron chi connectivity index (χ4n) is 3.28. The second-order valence-electron chi connectivity index (χ2n) is 7.55. The van der Waals surface area contributed by atoms with Gasteiger partial charge in [-0.15, -0.1) is 11.3 Å². The van der Waals surface area contributed by atoms with Gasteiger partial charge in [-0.1, -0.05) is 29.8 Å². The van der Waals surface area contributed by atoms with Crippen molar-refractivity contribution in [1.82, 2.24) is 0 Å². The number of thiophene rings is 1. The molecule has 4 aromatic rings. The highest BCUT2D eigenvalue weighted by molar-refractivity contribution is 14.1. The van der Waals surface area contributed by atoms with Gasteiger partial charge in [-0.25, -0.2) is 8.42 Å². The van der Waals surface area contributed by atoms with E-state index in [9.17, 15) is 13.2 Å². The molecular weight excluding hydrogens is 555 g/mol. The van der Waals surface area contributed by atoms with Crippen LogP contribution in [0, 0.1) is 10.5 Å². The van der Waals surface area contributed by atoms with E-state index < -0.39 is 10.0 Å². The van der Waals surface area contributed by atoms with Crippen LogP contribution in [0.15, 0.2) is 72.8 Å². The molecule has 0 atom stereocenters. The van der Waals surface area contributed by atoms with E-state index in [0.29, 0.717) is 10.6 Å². The van der Waals surface area contributed by atoms with Crippen LogP contribution >= 0.6 is 33.9 Å². The summed E-state index contributed by atoms with van der Waals surface area (Å²) in [5.41, 5.74) is 3.33. The summed E-state index contributed by atoms with van der Waals surface area (Å²) in [6.07, 6.45) is 1.21. The monoisotopic (exact) mass is 576 g/mol. The maximum atomic E-state index is 12.7. The SMILES string of the molecule is Cc1ccc(CN(c2ccc3sc(C(=O)Nc4ccc(I)cc4)cc3c2)S(C)(=O)=O)cc1. The normalized spacial score (nSPS) is 11.5. The molecule has 164 valence electrons. The summed E-state index contributed by atoms with van der Waals surface area (Å²) >= 11 is 3.60. The minimum atomic E-state index is -3.49. The number of carbonyl (C=O) groups excluding carboxylic acids is 1. The molecule has 0 fully saturated rings. The van der Waals surface area contributed by atoms with Crippen LogP contribution in [0.25, 0.3) is 10.1 Å². The molecule has 1 aromatic heterocycles. The van der Waals surface area contributed by atoms with E-state index in [1.165, 1.54) is 21.9 Å². The van der Waals surface area contributed by atoms with Crippen LogP contribution in [0.1, 0.15) is 20.8 Å². The Morgan fingerprint density at radius 1 is 1.00 bits per heavy atom. The van der Waals surface area contributed by atoms with Gasteiger partial charge in [0.1, 0.15) is 0 Å². The van der Waals surface area contributed by atoms with Gasteiger partial charge < -0.3 is 5.32 Å². The molecule has 5 nitrogen and oxygen atoms in total. The van der Waals surface area contributed by atoms with Crippen molar-refractivity contribution < 1.29 is 13.2 Å². The van der Waals surface area contributed by atoms with E-state index >= 15 is 0 Å². The molecule has 0 saturated heterocycles. The summed E-state index contributed by atoms with van der Waals surface area (Å²) in [4.78, 5) is 13.3. The van der Waals surface area contributed by atoms with Crippen molar-refractivity contribution >= 4 is 71.3 Å². The fourth-order valence-corrected chi connectivity index (χ4v) is 5.46. The van der Waals surface area contributed by atoms with Crippen molar-refractivity contribution in [2.24, 2.45) is 0 Å². The number of halogens is 1. The first-order valence-corrected chi connectivity index (χ1v) is 13.6. The third-order valence-electron chi connectivity index (χ3n) is 4.96. The van der Waals surface area contributed by atoms with Crippen molar-refractivity contribution in [3.8, 4) is 0 Å². The summed E-state index contributed by atoms with van der Waals surface area (Å²) in [6, 6.07) is 22.7. The number of hydrogen-bond acceptors (Lipinski definition) is 4. The van der Waals surface area contributed by atoms with Gasteiger partial charge in [0.05, 0.1) is 23.4 Å². The molecule has 32 heavy (non-hydrogen) atoms. The lowest BCUT2D eigenvalue weighted by atomic mass is 10.1. The van der Waals surface area contributed by atoms with Crippen molar-refractivity contribution in [3.05, 3.63) is 92.4 Å². The minimum Gasteiger partial charge on any atom is -0.321 e. The van der Waals surface area contributed by atoms with Crippen molar-refractivity contribution in [2.45, 2.75) is 13.5 Å². The standard InChI is InChI=1S/C24H21IN2O3S2/c1-16-3-5-17(6-4-16)15-27(32(2,29)30)21-11-12-22-18(13-21)14-23(31-22)24(28)26-20-9-7-19(25)8-10-20/h3-14H,15H2,1-2H3,(H,26,28). The molecule has 0 aliphatic rings. The highest BCUT2D eigenvalue weighted by Gasteiger charge is 2.19. The van der Waals surface area contributed by atoms with Crippen LogP contribution in [-0.4, -0.2) is 20.6 Å². The zero-order chi connectivity index (χ0) is 22.9. The molecule has 0 radical (unpaired) electrons. The number of nitrogens with one attached hydrogen (secondary N) is 1. The average molecular weight is 576 g/mol. The van der Waals surface area contributed by atoms with Gasteiger partial charge in [-0.3, -0.25) is 9.10 Å². The lowest BCUT2D eigenvalue weighted by Gasteiger charge is -2.22. The maximum Gasteiger partial charge on any atom is 0.265 e. The predicted molar refractivity (Wildman–Crippen MR) is 141 cm³/mol. The van der Waals surface area contributed by atoms with E-state index in [4.69, 9.17) is 0 Å². The number of aryl methyl sites for hydroxylation is 1. The molecule has 4 rings (SSSR count). The zero-order valence-electron chi connectivity index (χ0n) is 17.5. The van der Waals surface area contributed by atoms with Crippen LogP contribution in [0.3, 0.4) is 0 Å². The molecule has 0 unspecified atom stereocenters. The number of anilines is 2. The van der Waals surface area contributed by atoms with Crippen LogP contribution in [0.5, 0.6) is 0 Å². The number of fused-ring (bicyclic) bond motifs is 1. The van der Waals surface area contributed by atoms with Gasteiger partial charge in [0.2, 0.25) is 10.0 Å². The van der Waals surface area contributed by atoms with Crippen LogP contribution in [0.4, 0.5) is 11.4 Å². The van der Waals surface area contributed by atoms with Gasteiger partial charge in [-0.2, -0.15) is 0 Å². The van der Waals surface area contributed by atoms with Crippen LogP contribution < -0.4 is 9.62 Å². The molecule has 8 heteroatoms. The first-order chi connectivity index (χ1) is 15.2. The topological polar surface area (TPSA) is 66.5 Å². The summed E-state index contributed by atoms with van der Waals surface area (Å²) in [7, 11) is -3.49. The first-order valence-electron chi connectivity index (χ1n) is 9.83. The Hall–Kier alpha value is -2.43. The van der Waals surface area contributed by atoms with Gasteiger partial charge in [0.15, 0.2) is 0 Å². The molecule has 1 amide bonds. The molecule has 0 aliphatic carbocycles. The Labute approximate surface area is 205 Å². The molecular formula is C24H21IN2O3S2. The van der Waals surface area contributed by atoms with Crippen LogP contribution in [0.2, 0.25) is 0 Å². The molecule has 0 bridgehead atoms. The van der Waals surface area contributed by atoms with Gasteiger partial charge in [0.25, 0.3) is 5.91 Å².